The van der Waals surface area contributed by atoms with Gasteiger partial charge in [0.15, 0.2) is 0 Å². The Balaban J connectivity index is 1.63. The number of benzene rings is 3. The monoisotopic (exact) mass is 616 g/mol. The molecule has 45 heavy (non-hydrogen) atoms. The standard InChI is InChI=1S/C36H40O9/c1-24-8-7-11-30(37)10-6-4-5-9-29-20-31(43-22-25-12-16-27(17-13-25)34(38)41-2)21-32(33(29)36(40)45-24)44-23-26-14-18-28(19-15-26)35(39)42-3/h12-21,24H,4-11,22-23H2,1-3H3. The van der Waals surface area contributed by atoms with Gasteiger partial charge in [-0.3, -0.25) is 4.79 Å². The third-order valence-corrected chi connectivity index (χ3v) is 7.69. The number of carbonyl (C=O) groups excluding carboxylic acids is 4. The van der Waals surface area contributed by atoms with Gasteiger partial charge in [0.1, 0.15) is 36.1 Å². The highest BCUT2D eigenvalue weighted by molar-refractivity contribution is 5.95. The van der Waals surface area contributed by atoms with Gasteiger partial charge in [-0.1, -0.05) is 30.7 Å². The first kappa shape index (κ1) is 33.2. The molecule has 0 N–H and O–H groups in total. The van der Waals surface area contributed by atoms with Gasteiger partial charge in [0.2, 0.25) is 0 Å². The van der Waals surface area contributed by atoms with Crippen LogP contribution in [0.4, 0.5) is 0 Å². The quantitative estimate of drug-likeness (QED) is 0.199. The van der Waals surface area contributed by atoms with Gasteiger partial charge in [0.05, 0.1) is 31.5 Å². The minimum atomic E-state index is -0.484. The van der Waals surface area contributed by atoms with Gasteiger partial charge >= 0.3 is 17.9 Å². The van der Waals surface area contributed by atoms with E-state index in [0.29, 0.717) is 60.3 Å². The summed E-state index contributed by atoms with van der Waals surface area (Å²) in [6, 6.07) is 17.3. The molecule has 0 saturated heterocycles. The Morgan fingerprint density at radius 1 is 0.733 bits per heavy atom. The van der Waals surface area contributed by atoms with Crippen molar-refractivity contribution in [2.45, 2.75) is 77.6 Å². The van der Waals surface area contributed by atoms with E-state index in [1.165, 1.54) is 14.2 Å². The Hall–Kier alpha value is -4.66. The number of ether oxygens (including phenoxy) is 5. The summed E-state index contributed by atoms with van der Waals surface area (Å²) >= 11 is 0. The first-order valence-electron chi connectivity index (χ1n) is 15.3. The van der Waals surface area contributed by atoms with Crippen molar-refractivity contribution in [3.63, 3.8) is 0 Å². The van der Waals surface area contributed by atoms with Crippen molar-refractivity contribution in [1.82, 2.24) is 0 Å². The average molecular weight is 617 g/mol. The fraction of sp³-hybridized carbons (Fsp3) is 0.389. The molecule has 1 atom stereocenters. The highest BCUT2D eigenvalue weighted by Crippen LogP contribution is 2.33. The van der Waals surface area contributed by atoms with Crippen LogP contribution in [0.25, 0.3) is 0 Å². The number of fused-ring (bicyclic) bond motifs is 1. The summed E-state index contributed by atoms with van der Waals surface area (Å²) in [5, 5.41) is 0. The average Bonchev–Trinajstić information content (AvgIpc) is 3.05. The third-order valence-electron chi connectivity index (χ3n) is 7.69. The van der Waals surface area contributed by atoms with Crippen LogP contribution in [0.5, 0.6) is 11.5 Å². The van der Waals surface area contributed by atoms with Crippen molar-refractivity contribution in [2.24, 2.45) is 0 Å². The first-order chi connectivity index (χ1) is 21.8. The highest BCUT2D eigenvalue weighted by atomic mass is 16.5. The largest absolute Gasteiger partial charge is 0.489 e. The van der Waals surface area contributed by atoms with Crippen molar-refractivity contribution in [3.8, 4) is 11.5 Å². The van der Waals surface area contributed by atoms with Crippen LogP contribution in [0.3, 0.4) is 0 Å². The molecule has 0 aromatic heterocycles. The lowest BCUT2D eigenvalue weighted by atomic mass is 9.98. The van der Waals surface area contributed by atoms with Crippen LogP contribution in [0.1, 0.15) is 99.6 Å². The molecule has 3 aromatic carbocycles. The number of hydrogen-bond donors (Lipinski definition) is 0. The third kappa shape index (κ3) is 9.66. The van der Waals surface area contributed by atoms with E-state index in [9.17, 15) is 19.2 Å². The summed E-state index contributed by atoms with van der Waals surface area (Å²) in [7, 11) is 2.67. The Labute approximate surface area is 263 Å². The number of ketones is 1. The molecular formula is C36H40O9. The Bertz CT molecular complexity index is 1480. The molecule has 0 fully saturated rings. The molecule has 1 heterocycles. The molecule has 9 nitrogen and oxygen atoms in total. The molecule has 1 unspecified atom stereocenters. The van der Waals surface area contributed by atoms with Crippen LogP contribution in [0, 0.1) is 0 Å². The van der Waals surface area contributed by atoms with E-state index in [4.69, 9.17) is 23.7 Å². The lowest BCUT2D eigenvalue weighted by molar-refractivity contribution is -0.119. The molecule has 0 amide bonds. The van der Waals surface area contributed by atoms with Gasteiger partial charge in [-0.25, -0.2) is 14.4 Å². The maximum atomic E-state index is 13.6. The lowest BCUT2D eigenvalue weighted by Gasteiger charge is -2.20. The van der Waals surface area contributed by atoms with Crippen molar-refractivity contribution >= 4 is 23.7 Å². The van der Waals surface area contributed by atoms with Crippen molar-refractivity contribution in [3.05, 3.63) is 94.0 Å². The first-order valence-corrected chi connectivity index (χ1v) is 15.3. The van der Waals surface area contributed by atoms with E-state index in [0.717, 1.165) is 36.0 Å². The van der Waals surface area contributed by atoms with E-state index in [2.05, 4.69) is 0 Å². The van der Waals surface area contributed by atoms with Gasteiger partial charge in [-0.2, -0.15) is 0 Å². The molecule has 0 spiro atoms. The molecule has 1 aliphatic rings. The smallest absolute Gasteiger partial charge is 0.342 e. The van der Waals surface area contributed by atoms with Gasteiger partial charge in [0.25, 0.3) is 0 Å². The second-order valence-electron chi connectivity index (χ2n) is 11.1. The van der Waals surface area contributed by atoms with Gasteiger partial charge < -0.3 is 23.7 Å². The Morgan fingerprint density at radius 3 is 1.89 bits per heavy atom. The SMILES string of the molecule is COC(=O)c1ccc(COc2cc3c(c(OCc4ccc(C(=O)OC)cc4)c2)C(=O)OC(C)CCCC(=O)CCCCC3)cc1. The van der Waals surface area contributed by atoms with E-state index < -0.39 is 17.9 Å². The van der Waals surface area contributed by atoms with E-state index in [1.807, 2.05) is 13.0 Å². The minimum Gasteiger partial charge on any atom is -0.489 e. The Morgan fingerprint density at radius 2 is 1.29 bits per heavy atom. The van der Waals surface area contributed by atoms with Crippen LogP contribution >= 0.6 is 0 Å². The number of carbonyl (C=O) groups is 4. The highest BCUT2D eigenvalue weighted by Gasteiger charge is 2.24. The fourth-order valence-corrected chi connectivity index (χ4v) is 5.14. The van der Waals surface area contributed by atoms with Gasteiger partial charge in [-0.05, 0) is 86.1 Å². The van der Waals surface area contributed by atoms with Crippen LogP contribution in [-0.2, 0) is 38.6 Å². The number of methoxy groups -OCH3 is 2. The normalized spacial score (nSPS) is 16.0. The summed E-state index contributed by atoms with van der Waals surface area (Å²) < 4.78 is 27.8. The van der Waals surface area contributed by atoms with Gasteiger partial charge in [0, 0.05) is 18.9 Å². The number of aryl methyl sites for hydroxylation is 1. The van der Waals surface area contributed by atoms with Crippen LogP contribution in [0.15, 0.2) is 60.7 Å². The van der Waals surface area contributed by atoms with Crippen molar-refractivity contribution < 1.29 is 42.9 Å². The zero-order valence-electron chi connectivity index (χ0n) is 26.1. The fourth-order valence-electron chi connectivity index (χ4n) is 5.14. The predicted octanol–water partition coefficient (Wildman–Crippen LogP) is 6.82. The minimum absolute atomic E-state index is 0.136. The number of hydrogen-bond acceptors (Lipinski definition) is 9. The van der Waals surface area contributed by atoms with Crippen LogP contribution in [0.2, 0.25) is 0 Å². The number of Topliss-reactive ketones (excluding diaryl/α,β-unsaturated/α-hetero) is 1. The van der Waals surface area contributed by atoms with E-state index in [-0.39, 0.29) is 25.1 Å². The molecule has 0 bridgehead atoms. The van der Waals surface area contributed by atoms with Crippen LogP contribution < -0.4 is 9.47 Å². The summed E-state index contributed by atoms with van der Waals surface area (Å²) in [5.74, 6) is -0.237. The predicted molar refractivity (Wildman–Crippen MR) is 167 cm³/mol. The zero-order chi connectivity index (χ0) is 32.2. The Kier molecular flexibility index (Phi) is 12.1. The number of esters is 3. The van der Waals surface area contributed by atoms with E-state index >= 15 is 0 Å². The van der Waals surface area contributed by atoms with Crippen molar-refractivity contribution in [2.75, 3.05) is 14.2 Å². The molecule has 9 heteroatoms. The lowest BCUT2D eigenvalue weighted by Crippen LogP contribution is -2.18. The zero-order valence-corrected chi connectivity index (χ0v) is 26.1. The molecule has 0 radical (unpaired) electrons. The number of cyclic esters (lactones) is 1. The second-order valence-corrected chi connectivity index (χ2v) is 11.1. The van der Waals surface area contributed by atoms with Crippen LogP contribution in [-0.4, -0.2) is 44.0 Å². The molecular weight excluding hydrogens is 576 g/mol. The number of rotatable bonds is 8. The maximum Gasteiger partial charge on any atom is 0.342 e. The molecule has 4 rings (SSSR count). The maximum absolute atomic E-state index is 13.6. The summed E-state index contributed by atoms with van der Waals surface area (Å²) in [5.41, 5.74) is 3.60. The topological polar surface area (TPSA) is 114 Å². The van der Waals surface area contributed by atoms with E-state index in [1.54, 1.807) is 54.6 Å². The molecule has 1 aliphatic heterocycles. The molecule has 0 saturated carbocycles. The summed E-state index contributed by atoms with van der Waals surface area (Å²) in [4.78, 5) is 49.5. The summed E-state index contributed by atoms with van der Waals surface area (Å²) in [6.45, 7) is 2.19. The van der Waals surface area contributed by atoms with Crippen molar-refractivity contribution in [1.29, 1.82) is 0 Å². The molecule has 0 aliphatic carbocycles. The second kappa shape index (κ2) is 16.4. The molecule has 3 aromatic rings. The summed E-state index contributed by atoms with van der Waals surface area (Å²) in [6.07, 6.45) is 4.93. The molecule has 238 valence electrons. The van der Waals surface area contributed by atoms with Gasteiger partial charge in [-0.15, -0.1) is 0 Å².